The number of hydrogen-bond acceptors (Lipinski definition) is 3. The molecule has 0 aliphatic carbocycles. The van der Waals surface area contributed by atoms with Crippen molar-refractivity contribution >= 4 is 27.1 Å². The fourth-order valence-electron chi connectivity index (χ4n) is 1.70. The molecule has 0 fully saturated rings. The maximum atomic E-state index is 11.5. The lowest BCUT2D eigenvalue weighted by atomic mass is 10.0. The van der Waals surface area contributed by atoms with Crippen LogP contribution in [0.2, 0.25) is 5.02 Å². The molecule has 102 valence electrons. The highest BCUT2D eigenvalue weighted by Crippen LogP contribution is 2.25. The van der Waals surface area contributed by atoms with Crippen LogP contribution in [0, 0.1) is 5.92 Å². The number of benzene rings is 1. The van der Waals surface area contributed by atoms with E-state index < -0.39 is 9.84 Å². The summed E-state index contributed by atoms with van der Waals surface area (Å²) in [5.74, 6) is 0.572. The first-order chi connectivity index (χ1) is 8.38. The lowest BCUT2D eigenvalue weighted by Crippen LogP contribution is -2.13. The molecule has 0 spiro atoms. The third-order valence-corrected chi connectivity index (χ3v) is 4.54. The van der Waals surface area contributed by atoms with E-state index in [2.05, 4.69) is 19.2 Å². The first-order valence-electron chi connectivity index (χ1n) is 6.12. The van der Waals surface area contributed by atoms with E-state index in [0.29, 0.717) is 21.5 Å². The van der Waals surface area contributed by atoms with Crippen LogP contribution in [-0.2, 0) is 9.84 Å². The Balaban J connectivity index is 2.88. The Morgan fingerprint density at radius 2 is 1.89 bits per heavy atom. The summed E-state index contributed by atoms with van der Waals surface area (Å²) in [6, 6.07) is 4.74. The molecule has 3 nitrogen and oxygen atoms in total. The molecule has 0 atom stereocenters. The maximum absolute atomic E-state index is 11.5. The molecule has 0 aliphatic rings. The average Bonchev–Trinajstić information content (AvgIpc) is 2.31. The minimum absolute atomic E-state index is 0.291. The molecule has 1 rings (SSSR count). The van der Waals surface area contributed by atoms with Gasteiger partial charge in [-0.1, -0.05) is 38.3 Å². The minimum atomic E-state index is -3.19. The van der Waals surface area contributed by atoms with Crippen LogP contribution in [0.4, 0.5) is 5.69 Å². The quantitative estimate of drug-likeness (QED) is 0.870. The molecule has 0 heterocycles. The molecule has 18 heavy (non-hydrogen) atoms. The van der Waals surface area contributed by atoms with Crippen molar-refractivity contribution in [2.75, 3.05) is 18.1 Å². The van der Waals surface area contributed by atoms with Crippen molar-refractivity contribution in [3.8, 4) is 0 Å². The smallest absolute Gasteiger partial charge is 0.175 e. The van der Waals surface area contributed by atoms with Gasteiger partial charge in [0.2, 0.25) is 0 Å². The second-order valence-electron chi connectivity index (χ2n) is 4.48. The summed E-state index contributed by atoms with van der Waals surface area (Å²) < 4.78 is 23.0. The summed E-state index contributed by atoms with van der Waals surface area (Å²) >= 11 is 6.06. The van der Waals surface area contributed by atoms with E-state index in [9.17, 15) is 8.42 Å². The van der Waals surface area contributed by atoms with E-state index in [-0.39, 0.29) is 0 Å². The van der Waals surface area contributed by atoms with Crippen LogP contribution in [0.3, 0.4) is 0 Å². The van der Waals surface area contributed by atoms with Crippen molar-refractivity contribution < 1.29 is 8.42 Å². The molecule has 0 bridgehead atoms. The predicted octanol–water partition coefficient (Wildman–Crippen LogP) is 3.59. The van der Waals surface area contributed by atoms with E-state index in [1.165, 1.54) is 12.3 Å². The molecule has 1 aromatic carbocycles. The third-order valence-electron chi connectivity index (χ3n) is 3.10. The SMILES string of the molecule is CCC(CC)CNc1cc(S(C)(=O)=O)ccc1Cl. The van der Waals surface area contributed by atoms with E-state index >= 15 is 0 Å². The number of halogens is 1. The van der Waals surface area contributed by atoms with Gasteiger partial charge in [-0.2, -0.15) is 0 Å². The summed E-state index contributed by atoms with van der Waals surface area (Å²) in [6.45, 7) is 5.09. The van der Waals surface area contributed by atoms with Crippen molar-refractivity contribution in [2.24, 2.45) is 5.92 Å². The van der Waals surface area contributed by atoms with Gasteiger partial charge >= 0.3 is 0 Å². The van der Waals surface area contributed by atoms with Crippen molar-refractivity contribution in [1.29, 1.82) is 0 Å². The van der Waals surface area contributed by atoms with Crippen molar-refractivity contribution in [3.05, 3.63) is 23.2 Å². The summed E-state index contributed by atoms with van der Waals surface area (Å²) in [5.41, 5.74) is 0.687. The van der Waals surface area contributed by atoms with Crippen LogP contribution in [0.1, 0.15) is 26.7 Å². The van der Waals surface area contributed by atoms with Gasteiger partial charge in [0.15, 0.2) is 9.84 Å². The van der Waals surface area contributed by atoms with Gasteiger partial charge in [-0.3, -0.25) is 0 Å². The van der Waals surface area contributed by atoms with E-state index in [1.54, 1.807) is 12.1 Å². The molecule has 0 saturated heterocycles. The Hall–Kier alpha value is -0.740. The van der Waals surface area contributed by atoms with Gasteiger partial charge in [0.1, 0.15) is 0 Å². The van der Waals surface area contributed by atoms with E-state index in [1.807, 2.05) is 0 Å². The monoisotopic (exact) mass is 289 g/mol. The highest BCUT2D eigenvalue weighted by Gasteiger charge is 2.11. The van der Waals surface area contributed by atoms with Crippen LogP contribution < -0.4 is 5.32 Å². The van der Waals surface area contributed by atoms with Gasteiger partial charge < -0.3 is 5.32 Å². The third kappa shape index (κ3) is 4.18. The number of sulfone groups is 1. The maximum Gasteiger partial charge on any atom is 0.175 e. The normalized spacial score (nSPS) is 11.8. The van der Waals surface area contributed by atoms with Crippen molar-refractivity contribution in [2.45, 2.75) is 31.6 Å². The number of hydrogen-bond donors (Lipinski definition) is 1. The fourth-order valence-corrected chi connectivity index (χ4v) is 2.53. The molecule has 5 heteroatoms. The first kappa shape index (κ1) is 15.3. The zero-order chi connectivity index (χ0) is 13.8. The Labute approximate surface area is 114 Å². The minimum Gasteiger partial charge on any atom is -0.384 e. The average molecular weight is 290 g/mol. The predicted molar refractivity (Wildman–Crippen MR) is 77.1 cm³/mol. The summed E-state index contributed by atoms with van der Waals surface area (Å²) in [7, 11) is -3.19. The van der Waals surface area contributed by atoms with Crippen molar-refractivity contribution in [1.82, 2.24) is 0 Å². The Bertz CT molecular complexity index is 496. The molecule has 0 aromatic heterocycles. The zero-order valence-corrected chi connectivity index (χ0v) is 12.6. The highest BCUT2D eigenvalue weighted by atomic mass is 35.5. The van der Waals surface area contributed by atoms with Crippen LogP contribution in [0.15, 0.2) is 23.1 Å². The van der Waals surface area contributed by atoms with Crippen LogP contribution in [-0.4, -0.2) is 21.2 Å². The Kier molecular flexibility index (Phi) is 5.47. The second-order valence-corrected chi connectivity index (χ2v) is 6.90. The van der Waals surface area contributed by atoms with Crippen molar-refractivity contribution in [3.63, 3.8) is 0 Å². The van der Waals surface area contributed by atoms with Gasteiger partial charge in [-0.25, -0.2) is 8.42 Å². The zero-order valence-electron chi connectivity index (χ0n) is 11.0. The second kappa shape index (κ2) is 6.43. The van der Waals surface area contributed by atoms with Gasteiger partial charge in [-0.15, -0.1) is 0 Å². The molecular weight excluding hydrogens is 270 g/mol. The Morgan fingerprint density at radius 3 is 2.39 bits per heavy atom. The fraction of sp³-hybridized carbons (Fsp3) is 0.538. The molecule has 0 radical (unpaired) electrons. The van der Waals surface area contributed by atoms with Gasteiger partial charge in [0.05, 0.1) is 15.6 Å². The Morgan fingerprint density at radius 1 is 1.28 bits per heavy atom. The highest BCUT2D eigenvalue weighted by molar-refractivity contribution is 7.90. The summed E-state index contributed by atoms with van der Waals surface area (Å²) in [5, 5.41) is 3.78. The molecule has 1 aromatic rings. The first-order valence-corrected chi connectivity index (χ1v) is 8.38. The van der Waals surface area contributed by atoms with Gasteiger partial charge in [0.25, 0.3) is 0 Å². The number of rotatable bonds is 6. The topological polar surface area (TPSA) is 46.2 Å². The van der Waals surface area contributed by atoms with Crippen LogP contribution >= 0.6 is 11.6 Å². The molecular formula is C13H20ClNO2S. The molecule has 0 aliphatic heterocycles. The molecule has 0 unspecified atom stereocenters. The van der Waals surface area contributed by atoms with Crippen LogP contribution in [0.25, 0.3) is 0 Å². The molecule has 0 saturated carbocycles. The largest absolute Gasteiger partial charge is 0.384 e. The van der Waals surface area contributed by atoms with Gasteiger partial charge in [-0.05, 0) is 24.1 Å². The number of nitrogens with one attached hydrogen (secondary N) is 1. The van der Waals surface area contributed by atoms with E-state index in [4.69, 9.17) is 11.6 Å². The molecule has 0 amide bonds. The lowest BCUT2D eigenvalue weighted by molar-refractivity contribution is 0.519. The summed E-state index contributed by atoms with van der Waals surface area (Å²) in [6.07, 6.45) is 3.38. The summed E-state index contributed by atoms with van der Waals surface area (Å²) in [4.78, 5) is 0.291. The molecule has 1 N–H and O–H groups in total. The standard InChI is InChI=1S/C13H20ClNO2S/c1-4-10(5-2)9-15-13-8-11(18(3,16)17)6-7-12(13)14/h6-8,10,15H,4-5,9H2,1-3H3. The lowest BCUT2D eigenvalue weighted by Gasteiger charge is -2.15. The van der Waals surface area contributed by atoms with Crippen LogP contribution in [0.5, 0.6) is 0 Å². The van der Waals surface area contributed by atoms with Gasteiger partial charge in [0, 0.05) is 12.8 Å². The van der Waals surface area contributed by atoms with E-state index in [0.717, 1.165) is 19.4 Å². The number of anilines is 1.